The van der Waals surface area contributed by atoms with Crippen LogP contribution in [0.5, 0.6) is 0 Å². The van der Waals surface area contributed by atoms with E-state index < -0.39 is 0 Å². The maximum absolute atomic E-state index is 12.9. The van der Waals surface area contributed by atoms with Gasteiger partial charge in [0.25, 0.3) is 0 Å². The number of likely N-dealkylation sites (tertiary alicyclic amines) is 1. The molecule has 1 amide bonds. The quantitative estimate of drug-likeness (QED) is 0.314. The number of hydrogen-bond donors (Lipinski definition) is 0. The molecule has 1 aliphatic heterocycles. The average molecular weight is 431 g/mol. The zero-order valence-corrected chi connectivity index (χ0v) is 19.9. The van der Waals surface area contributed by atoms with Crippen LogP contribution in [0.1, 0.15) is 69.4 Å². The zero-order valence-electron chi connectivity index (χ0n) is 19.9. The number of rotatable bonds is 10. The Morgan fingerprint density at radius 2 is 1.66 bits per heavy atom. The summed E-state index contributed by atoms with van der Waals surface area (Å²) in [4.78, 5) is 15.0. The number of aryl methyl sites for hydroxylation is 2. The third-order valence-corrected chi connectivity index (χ3v) is 6.87. The summed E-state index contributed by atoms with van der Waals surface area (Å²) < 4.78 is 2.39. The van der Waals surface area contributed by atoms with Gasteiger partial charge < -0.3 is 9.47 Å². The number of amides is 1. The topological polar surface area (TPSA) is 25.2 Å². The van der Waals surface area contributed by atoms with Gasteiger partial charge in [0.05, 0.1) is 6.42 Å². The van der Waals surface area contributed by atoms with Crippen LogP contribution >= 0.6 is 0 Å². The molecular weight excluding hydrogens is 392 g/mol. The Bertz CT molecular complexity index is 1040. The number of nitrogens with zero attached hydrogens (tertiary/aromatic N) is 2. The summed E-state index contributed by atoms with van der Waals surface area (Å²) in [6, 6.07) is 15.5. The Hall–Kier alpha value is -2.55. The molecule has 2 aromatic carbocycles. The highest BCUT2D eigenvalue weighted by atomic mass is 16.2. The van der Waals surface area contributed by atoms with Gasteiger partial charge >= 0.3 is 0 Å². The first-order chi connectivity index (χ1) is 15.7. The largest absolute Gasteiger partial charge is 0.347 e. The van der Waals surface area contributed by atoms with Crippen molar-refractivity contribution in [2.24, 2.45) is 0 Å². The fraction of sp³-hybridized carbons (Fsp3) is 0.483. The minimum absolute atomic E-state index is 0.280. The van der Waals surface area contributed by atoms with Crippen LogP contribution in [0, 0.1) is 6.92 Å². The van der Waals surface area contributed by atoms with Crippen molar-refractivity contribution in [3.05, 3.63) is 59.8 Å². The maximum atomic E-state index is 12.9. The molecule has 0 N–H and O–H groups in total. The summed E-state index contributed by atoms with van der Waals surface area (Å²) in [5, 5.41) is 1.24. The summed E-state index contributed by atoms with van der Waals surface area (Å²) in [5.74, 6) is 0.280. The minimum atomic E-state index is 0.280. The molecule has 32 heavy (non-hydrogen) atoms. The molecule has 0 unspecified atom stereocenters. The van der Waals surface area contributed by atoms with Gasteiger partial charge in [0.1, 0.15) is 0 Å². The fourth-order valence-electron chi connectivity index (χ4n) is 5.00. The lowest BCUT2D eigenvalue weighted by Gasteiger charge is -2.14. The van der Waals surface area contributed by atoms with Gasteiger partial charge in [-0.1, -0.05) is 74.9 Å². The number of unbranched alkanes of at least 4 members (excludes halogenated alkanes) is 5. The lowest BCUT2D eigenvalue weighted by Crippen LogP contribution is -2.28. The predicted octanol–water partition coefficient (Wildman–Crippen LogP) is 7.14. The third kappa shape index (κ3) is 5.43. The predicted molar refractivity (Wildman–Crippen MR) is 135 cm³/mol. The molecule has 3 heteroatoms. The Morgan fingerprint density at radius 3 is 2.44 bits per heavy atom. The van der Waals surface area contributed by atoms with Crippen molar-refractivity contribution >= 4 is 16.8 Å². The maximum Gasteiger partial charge on any atom is 0.227 e. The molecule has 0 saturated carbocycles. The van der Waals surface area contributed by atoms with E-state index in [2.05, 4.69) is 67.1 Å². The number of carbonyl (C=O) groups is 1. The van der Waals surface area contributed by atoms with E-state index in [0.29, 0.717) is 6.42 Å². The number of fused-ring (bicyclic) bond motifs is 1. The van der Waals surface area contributed by atoms with E-state index in [1.54, 1.807) is 0 Å². The summed E-state index contributed by atoms with van der Waals surface area (Å²) in [6.07, 6.45) is 12.8. The second-order valence-corrected chi connectivity index (χ2v) is 9.48. The first-order valence-electron chi connectivity index (χ1n) is 12.6. The van der Waals surface area contributed by atoms with Gasteiger partial charge in [-0.05, 0) is 55.0 Å². The fourth-order valence-corrected chi connectivity index (χ4v) is 5.00. The van der Waals surface area contributed by atoms with Crippen molar-refractivity contribution < 1.29 is 4.79 Å². The molecule has 0 bridgehead atoms. The molecule has 4 rings (SSSR count). The highest BCUT2D eigenvalue weighted by Gasteiger charge is 2.20. The van der Waals surface area contributed by atoms with Gasteiger partial charge in [-0.3, -0.25) is 4.79 Å². The highest BCUT2D eigenvalue weighted by Crippen LogP contribution is 2.30. The Labute approximate surface area is 193 Å². The molecule has 1 aliphatic rings. The van der Waals surface area contributed by atoms with Crippen LogP contribution in [0.25, 0.3) is 22.0 Å². The van der Waals surface area contributed by atoms with Crippen LogP contribution < -0.4 is 0 Å². The van der Waals surface area contributed by atoms with Gasteiger partial charge in [0.2, 0.25) is 5.91 Å². The molecule has 0 aliphatic carbocycles. The highest BCUT2D eigenvalue weighted by molar-refractivity contribution is 5.92. The Kier molecular flexibility index (Phi) is 7.68. The van der Waals surface area contributed by atoms with Crippen molar-refractivity contribution in [3.63, 3.8) is 0 Å². The van der Waals surface area contributed by atoms with Crippen molar-refractivity contribution in [3.8, 4) is 11.1 Å². The van der Waals surface area contributed by atoms with E-state index in [4.69, 9.17) is 0 Å². The van der Waals surface area contributed by atoms with Crippen LogP contribution in [0.15, 0.2) is 48.7 Å². The zero-order chi connectivity index (χ0) is 22.3. The number of carbonyl (C=O) groups excluding carboxylic acids is 1. The molecule has 1 saturated heterocycles. The molecule has 0 atom stereocenters. The second-order valence-electron chi connectivity index (χ2n) is 9.48. The van der Waals surface area contributed by atoms with E-state index in [1.165, 1.54) is 71.7 Å². The SMILES string of the molecule is CCCCCCCCn1cc(CC(=O)N2CCCC2)c2cc(-c3cccc(C)c3)ccc21. The van der Waals surface area contributed by atoms with E-state index in [1.807, 2.05) is 4.90 Å². The van der Waals surface area contributed by atoms with Crippen LogP contribution in [-0.4, -0.2) is 28.5 Å². The van der Waals surface area contributed by atoms with Crippen molar-refractivity contribution in [2.75, 3.05) is 13.1 Å². The monoisotopic (exact) mass is 430 g/mol. The van der Waals surface area contributed by atoms with Crippen molar-refractivity contribution in [1.82, 2.24) is 9.47 Å². The Balaban J connectivity index is 1.59. The third-order valence-electron chi connectivity index (χ3n) is 6.87. The van der Waals surface area contributed by atoms with E-state index in [0.717, 1.165) is 32.5 Å². The molecular formula is C29H38N2O. The summed E-state index contributed by atoms with van der Waals surface area (Å²) in [6.45, 7) is 7.28. The van der Waals surface area contributed by atoms with Crippen molar-refractivity contribution in [1.29, 1.82) is 0 Å². The average Bonchev–Trinajstić information content (AvgIpc) is 3.45. The van der Waals surface area contributed by atoms with Crippen molar-refractivity contribution in [2.45, 2.75) is 78.2 Å². The van der Waals surface area contributed by atoms with Crippen LogP contribution in [0.3, 0.4) is 0 Å². The van der Waals surface area contributed by atoms with E-state index in [9.17, 15) is 4.79 Å². The van der Waals surface area contributed by atoms with Gasteiger partial charge in [-0.25, -0.2) is 0 Å². The molecule has 1 aromatic heterocycles. The molecule has 3 nitrogen and oxygen atoms in total. The summed E-state index contributed by atoms with van der Waals surface area (Å²) in [5.41, 5.74) is 6.19. The van der Waals surface area contributed by atoms with Gasteiger partial charge in [0.15, 0.2) is 0 Å². The van der Waals surface area contributed by atoms with Gasteiger partial charge in [-0.2, -0.15) is 0 Å². The molecule has 170 valence electrons. The van der Waals surface area contributed by atoms with E-state index >= 15 is 0 Å². The number of aromatic nitrogens is 1. The second kappa shape index (κ2) is 10.8. The van der Waals surface area contributed by atoms with E-state index in [-0.39, 0.29) is 5.91 Å². The summed E-state index contributed by atoms with van der Waals surface area (Å²) >= 11 is 0. The summed E-state index contributed by atoms with van der Waals surface area (Å²) in [7, 11) is 0. The van der Waals surface area contributed by atoms with Crippen LogP contribution in [-0.2, 0) is 17.8 Å². The van der Waals surface area contributed by atoms with Crippen LogP contribution in [0.4, 0.5) is 0 Å². The molecule has 2 heterocycles. The Morgan fingerprint density at radius 1 is 0.906 bits per heavy atom. The van der Waals surface area contributed by atoms with Crippen LogP contribution in [0.2, 0.25) is 0 Å². The number of hydrogen-bond acceptors (Lipinski definition) is 1. The first kappa shape index (κ1) is 22.6. The standard InChI is InChI=1S/C29H38N2O/c1-3-4-5-6-7-8-18-31-22-26(21-29(32)30-16-9-10-17-30)27-20-25(14-15-28(27)31)24-13-11-12-23(2)19-24/h11-15,19-20,22H,3-10,16-18,21H2,1-2H3. The lowest BCUT2D eigenvalue weighted by molar-refractivity contribution is -0.129. The molecule has 3 aromatic rings. The lowest BCUT2D eigenvalue weighted by atomic mass is 10.0. The first-order valence-corrected chi connectivity index (χ1v) is 12.6. The molecule has 0 radical (unpaired) electrons. The number of benzene rings is 2. The van der Waals surface area contributed by atoms with Gasteiger partial charge in [0, 0.05) is 36.7 Å². The minimum Gasteiger partial charge on any atom is -0.347 e. The normalized spacial score (nSPS) is 13.9. The molecule has 1 fully saturated rings. The molecule has 0 spiro atoms. The van der Waals surface area contributed by atoms with Gasteiger partial charge in [-0.15, -0.1) is 0 Å². The smallest absolute Gasteiger partial charge is 0.227 e.